The molecule has 7 nitrogen and oxygen atoms in total. The number of carbonyl (C=O) groups excluding carboxylic acids is 2. The number of methoxy groups -OCH3 is 1. The van der Waals surface area contributed by atoms with Crippen molar-refractivity contribution in [1.82, 2.24) is 10.6 Å². The van der Waals surface area contributed by atoms with Gasteiger partial charge in [-0.1, -0.05) is 35.9 Å². The first kappa shape index (κ1) is 20.4. The Hall–Kier alpha value is -1.93. The monoisotopic (exact) mass is 382 g/mol. The van der Waals surface area contributed by atoms with E-state index in [4.69, 9.17) is 21.1 Å². The highest BCUT2D eigenvalue weighted by Gasteiger charge is 2.28. The van der Waals surface area contributed by atoms with Crippen LogP contribution in [0, 0.1) is 0 Å². The Morgan fingerprint density at radius 2 is 1.96 bits per heavy atom. The summed E-state index contributed by atoms with van der Waals surface area (Å²) in [5.41, 5.74) is 0.942. The molecule has 3 N–H and O–H groups in total. The van der Waals surface area contributed by atoms with E-state index in [-0.39, 0.29) is 31.4 Å². The predicted octanol–water partition coefficient (Wildman–Crippen LogP) is 0.793. The smallest absolute Gasteiger partial charge is 0.246 e. The first-order valence-corrected chi connectivity index (χ1v) is 8.63. The largest absolute Gasteiger partial charge is 0.394 e. The van der Waals surface area contributed by atoms with Crippen molar-refractivity contribution < 1.29 is 24.2 Å². The van der Waals surface area contributed by atoms with Crippen LogP contribution in [0.15, 0.2) is 36.4 Å². The summed E-state index contributed by atoms with van der Waals surface area (Å²) in [5.74, 6) is -0.475. The van der Waals surface area contributed by atoms with E-state index in [1.54, 1.807) is 24.3 Å². The highest BCUT2D eigenvalue weighted by Crippen LogP contribution is 2.16. The molecular weight excluding hydrogens is 360 g/mol. The molecule has 0 aliphatic carbocycles. The Kier molecular flexibility index (Phi) is 8.06. The van der Waals surface area contributed by atoms with Gasteiger partial charge in [0.25, 0.3) is 0 Å². The summed E-state index contributed by atoms with van der Waals surface area (Å²) in [5, 5.41) is 15.6. The summed E-state index contributed by atoms with van der Waals surface area (Å²) in [4.78, 5) is 23.7. The number of nitrogens with one attached hydrogen (secondary N) is 2. The van der Waals surface area contributed by atoms with E-state index in [9.17, 15) is 14.7 Å². The molecule has 1 aliphatic heterocycles. The van der Waals surface area contributed by atoms with Gasteiger partial charge >= 0.3 is 0 Å². The van der Waals surface area contributed by atoms with Gasteiger partial charge in [-0.2, -0.15) is 0 Å². The highest BCUT2D eigenvalue weighted by molar-refractivity contribution is 6.30. The fourth-order valence-electron chi connectivity index (χ4n) is 2.55. The van der Waals surface area contributed by atoms with E-state index in [1.165, 1.54) is 7.11 Å². The molecule has 0 fully saturated rings. The topological polar surface area (TPSA) is 96.9 Å². The molecule has 1 aromatic carbocycles. The van der Waals surface area contributed by atoms with Gasteiger partial charge in [0.15, 0.2) is 0 Å². The number of halogens is 1. The van der Waals surface area contributed by atoms with Crippen molar-refractivity contribution in [2.45, 2.75) is 31.2 Å². The van der Waals surface area contributed by atoms with Gasteiger partial charge in [-0.3, -0.25) is 9.59 Å². The lowest BCUT2D eigenvalue weighted by molar-refractivity contribution is -0.130. The van der Waals surface area contributed by atoms with Gasteiger partial charge in [0.1, 0.15) is 12.7 Å². The van der Waals surface area contributed by atoms with Crippen LogP contribution in [0.3, 0.4) is 0 Å². The van der Waals surface area contributed by atoms with Gasteiger partial charge in [0, 0.05) is 18.7 Å². The van der Waals surface area contributed by atoms with Gasteiger partial charge in [-0.05, 0) is 17.7 Å². The lowest BCUT2D eigenvalue weighted by atomic mass is 10.0. The maximum absolute atomic E-state index is 12.1. The Labute approximate surface area is 157 Å². The number of ether oxygens (including phenoxy) is 2. The van der Waals surface area contributed by atoms with Crippen molar-refractivity contribution in [2.75, 3.05) is 20.3 Å². The van der Waals surface area contributed by atoms with Gasteiger partial charge in [-0.25, -0.2) is 0 Å². The summed E-state index contributed by atoms with van der Waals surface area (Å²) >= 11 is 5.83. The minimum Gasteiger partial charge on any atom is -0.394 e. The fourth-order valence-corrected chi connectivity index (χ4v) is 2.68. The second-order valence-corrected chi connectivity index (χ2v) is 6.35. The lowest BCUT2D eigenvalue weighted by Gasteiger charge is -2.31. The van der Waals surface area contributed by atoms with Gasteiger partial charge in [-0.15, -0.1) is 0 Å². The summed E-state index contributed by atoms with van der Waals surface area (Å²) in [6.07, 6.45) is 2.49. The van der Waals surface area contributed by atoms with Gasteiger partial charge in [0.05, 0.1) is 25.2 Å². The van der Waals surface area contributed by atoms with E-state index in [2.05, 4.69) is 10.6 Å². The van der Waals surface area contributed by atoms with Crippen LogP contribution in [0.1, 0.15) is 12.0 Å². The van der Waals surface area contributed by atoms with Crippen molar-refractivity contribution in [1.29, 1.82) is 0 Å². The molecule has 1 aliphatic rings. The van der Waals surface area contributed by atoms with Gasteiger partial charge < -0.3 is 25.2 Å². The van der Waals surface area contributed by atoms with Crippen molar-refractivity contribution in [3.05, 3.63) is 47.0 Å². The average Bonchev–Trinajstić information content (AvgIpc) is 2.62. The maximum atomic E-state index is 12.1. The van der Waals surface area contributed by atoms with E-state index < -0.39 is 18.2 Å². The molecular formula is C18H23ClN2O5. The molecule has 8 heteroatoms. The van der Waals surface area contributed by atoms with Crippen LogP contribution in [0.2, 0.25) is 5.02 Å². The molecule has 0 saturated heterocycles. The third kappa shape index (κ3) is 6.42. The molecule has 0 bridgehead atoms. The van der Waals surface area contributed by atoms with E-state index >= 15 is 0 Å². The number of benzene rings is 1. The quantitative estimate of drug-likeness (QED) is 0.578. The van der Waals surface area contributed by atoms with Crippen LogP contribution >= 0.6 is 11.6 Å². The molecule has 0 saturated carbocycles. The molecule has 26 heavy (non-hydrogen) atoms. The maximum Gasteiger partial charge on any atom is 0.246 e. The van der Waals surface area contributed by atoms with Crippen molar-refractivity contribution in [3.63, 3.8) is 0 Å². The third-order valence-electron chi connectivity index (χ3n) is 3.86. The molecule has 2 amide bonds. The Morgan fingerprint density at radius 3 is 2.62 bits per heavy atom. The summed E-state index contributed by atoms with van der Waals surface area (Å²) in [6, 6.07) is 6.75. The van der Waals surface area contributed by atoms with Crippen LogP contribution in [-0.4, -0.2) is 55.5 Å². The van der Waals surface area contributed by atoms with E-state index in [0.29, 0.717) is 11.6 Å². The minimum atomic E-state index is -0.616. The fraction of sp³-hybridized carbons (Fsp3) is 0.444. The highest BCUT2D eigenvalue weighted by atomic mass is 35.5. The Balaban J connectivity index is 1.82. The molecule has 2 rings (SSSR count). The Bertz CT molecular complexity index is 635. The van der Waals surface area contributed by atoms with Crippen molar-refractivity contribution in [2.24, 2.45) is 0 Å². The SMILES string of the molecule is COCC(=O)N[C@@H]1C=C[C@H](CC(=O)NCc2ccc(Cl)cc2)O[C@H]1CO. The predicted molar refractivity (Wildman–Crippen MR) is 96.6 cm³/mol. The number of amides is 2. The number of hydrogen-bond donors (Lipinski definition) is 3. The standard InChI is InChI=1S/C18H23ClN2O5/c1-25-11-18(24)21-15-7-6-14(26-16(15)10-22)8-17(23)20-9-12-2-4-13(19)5-3-12/h2-7,14-16,22H,8-11H2,1H3,(H,20,23)(H,21,24)/t14-,15-,16+/m1/s1. The van der Waals surface area contributed by atoms with Crippen LogP contribution in [0.4, 0.5) is 0 Å². The van der Waals surface area contributed by atoms with Crippen LogP contribution in [-0.2, 0) is 25.6 Å². The van der Waals surface area contributed by atoms with E-state index in [0.717, 1.165) is 5.56 Å². The first-order chi connectivity index (χ1) is 12.5. The average molecular weight is 383 g/mol. The number of aliphatic hydroxyl groups is 1. The summed E-state index contributed by atoms with van der Waals surface area (Å²) in [6.45, 7) is 0.0513. The van der Waals surface area contributed by atoms with Crippen LogP contribution in [0.5, 0.6) is 0 Å². The van der Waals surface area contributed by atoms with Crippen molar-refractivity contribution in [3.8, 4) is 0 Å². The van der Waals surface area contributed by atoms with Crippen molar-refractivity contribution >= 4 is 23.4 Å². The number of carbonyl (C=O) groups is 2. The second kappa shape index (κ2) is 10.3. The first-order valence-electron chi connectivity index (χ1n) is 8.26. The third-order valence-corrected chi connectivity index (χ3v) is 4.11. The summed E-state index contributed by atoms with van der Waals surface area (Å²) in [7, 11) is 1.43. The number of aliphatic hydroxyl groups excluding tert-OH is 1. The molecule has 0 aromatic heterocycles. The van der Waals surface area contributed by atoms with Gasteiger partial charge in [0.2, 0.25) is 11.8 Å². The molecule has 3 atom stereocenters. The number of hydrogen-bond acceptors (Lipinski definition) is 5. The lowest BCUT2D eigenvalue weighted by Crippen LogP contribution is -2.49. The molecule has 0 spiro atoms. The molecule has 142 valence electrons. The summed E-state index contributed by atoms with van der Waals surface area (Å²) < 4.78 is 10.5. The number of rotatable bonds is 8. The Morgan fingerprint density at radius 1 is 1.23 bits per heavy atom. The zero-order valence-electron chi connectivity index (χ0n) is 14.5. The van der Waals surface area contributed by atoms with E-state index in [1.807, 2.05) is 12.1 Å². The zero-order chi connectivity index (χ0) is 18.9. The molecule has 1 heterocycles. The normalized spacial score (nSPS) is 22.0. The zero-order valence-corrected chi connectivity index (χ0v) is 15.2. The minimum absolute atomic E-state index is 0.0704. The molecule has 0 radical (unpaired) electrons. The second-order valence-electron chi connectivity index (χ2n) is 5.91. The van der Waals surface area contributed by atoms with Crippen LogP contribution in [0.25, 0.3) is 0 Å². The molecule has 1 aromatic rings. The van der Waals surface area contributed by atoms with Crippen LogP contribution < -0.4 is 10.6 Å². The molecule has 0 unspecified atom stereocenters.